The van der Waals surface area contributed by atoms with E-state index in [1.807, 2.05) is 0 Å². The van der Waals surface area contributed by atoms with E-state index in [-0.39, 0.29) is 30.4 Å². The van der Waals surface area contributed by atoms with Gasteiger partial charge in [-0.3, -0.25) is 4.79 Å². The lowest BCUT2D eigenvalue weighted by atomic mass is 9.88. The van der Waals surface area contributed by atoms with E-state index in [0.29, 0.717) is 19.3 Å². The van der Waals surface area contributed by atoms with Crippen molar-refractivity contribution in [2.45, 2.75) is 64.1 Å². The van der Waals surface area contributed by atoms with Gasteiger partial charge in [0.1, 0.15) is 11.9 Å². The van der Waals surface area contributed by atoms with E-state index >= 15 is 0 Å². The third kappa shape index (κ3) is 6.01. The van der Waals surface area contributed by atoms with Crippen LogP contribution in [0.2, 0.25) is 0 Å². The van der Waals surface area contributed by atoms with Crippen molar-refractivity contribution in [3.63, 3.8) is 0 Å². The minimum absolute atomic E-state index is 0.0706. The minimum atomic E-state index is -0.608. The van der Waals surface area contributed by atoms with Gasteiger partial charge in [-0.15, -0.1) is 0 Å². The fraction of sp³-hybridized carbons (Fsp3) is 0.867. The van der Waals surface area contributed by atoms with Crippen molar-refractivity contribution in [1.82, 2.24) is 0 Å². The van der Waals surface area contributed by atoms with Gasteiger partial charge in [-0.2, -0.15) is 0 Å². The topological polar surface area (TPSA) is 72.8 Å². The SMILES string of the molecule is COCC(O)C(CCCCCC(C)=O)C1CCC(=O)O1. The average molecular weight is 286 g/mol. The maximum absolute atomic E-state index is 11.2. The summed E-state index contributed by atoms with van der Waals surface area (Å²) in [5.41, 5.74) is 0. The molecule has 0 saturated carbocycles. The van der Waals surface area contributed by atoms with Crippen LogP contribution in [-0.4, -0.2) is 42.8 Å². The molecule has 1 saturated heterocycles. The molecule has 1 heterocycles. The molecule has 0 amide bonds. The van der Waals surface area contributed by atoms with E-state index in [2.05, 4.69) is 0 Å². The summed E-state index contributed by atoms with van der Waals surface area (Å²) in [4.78, 5) is 22.1. The van der Waals surface area contributed by atoms with Gasteiger partial charge in [-0.05, 0) is 26.2 Å². The first-order valence-corrected chi connectivity index (χ1v) is 7.40. The summed E-state index contributed by atoms with van der Waals surface area (Å²) in [5, 5.41) is 10.1. The summed E-state index contributed by atoms with van der Waals surface area (Å²) >= 11 is 0. The number of unbranched alkanes of at least 4 members (excludes halogenated alkanes) is 2. The van der Waals surface area contributed by atoms with Crippen LogP contribution >= 0.6 is 0 Å². The Bertz CT molecular complexity index is 315. The molecule has 0 aliphatic carbocycles. The molecule has 5 heteroatoms. The summed E-state index contributed by atoms with van der Waals surface area (Å²) in [7, 11) is 1.55. The zero-order valence-electron chi connectivity index (χ0n) is 12.5. The van der Waals surface area contributed by atoms with Crippen LogP contribution in [0.4, 0.5) is 0 Å². The lowest BCUT2D eigenvalue weighted by molar-refractivity contribution is -0.145. The fourth-order valence-corrected chi connectivity index (χ4v) is 2.70. The largest absolute Gasteiger partial charge is 0.462 e. The third-order valence-electron chi connectivity index (χ3n) is 3.79. The van der Waals surface area contributed by atoms with Gasteiger partial charge in [0.05, 0.1) is 12.7 Å². The van der Waals surface area contributed by atoms with E-state index in [1.165, 1.54) is 0 Å². The quantitative estimate of drug-likeness (QED) is 0.490. The third-order valence-corrected chi connectivity index (χ3v) is 3.79. The van der Waals surface area contributed by atoms with Gasteiger partial charge in [0.2, 0.25) is 0 Å². The van der Waals surface area contributed by atoms with Crippen molar-refractivity contribution in [3.05, 3.63) is 0 Å². The molecule has 0 aromatic rings. The second-order valence-corrected chi connectivity index (χ2v) is 5.55. The van der Waals surface area contributed by atoms with E-state index in [9.17, 15) is 14.7 Å². The van der Waals surface area contributed by atoms with Crippen LogP contribution in [0.5, 0.6) is 0 Å². The molecule has 1 N–H and O–H groups in total. The summed E-state index contributed by atoms with van der Waals surface area (Å²) in [6, 6.07) is 0. The molecular formula is C15H26O5. The summed E-state index contributed by atoms with van der Waals surface area (Å²) in [6.07, 6.45) is 4.48. The van der Waals surface area contributed by atoms with E-state index in [4.69, 9.17) is 9.47 Å². The Balaban J connectivity index is 2.38. The molecule has 0 aromatic heterocycles. The molecule has 0 radical (unpaired) electrons. The second-order valence-electron chi connectivity index (χ2n) is 5.55. The number of carbonyl (C=O) groups excluding carboxylic acids is 2. The van der Waals surface area contributed by atoms with Crippen LogP contribution in [0, 0.1) is 5.92 Å². The van der Waals surface area contributed by atoms with Gasteiger partial charge in [-0.25, -0.2) is 0 Å². The van der Waals surface area contributed by atoms with Gasteiger partial charge < -0.3 is 19.4 Å². The second kappa shape index (κ2) is 9.08. The van der Waals surface area contributed by atoms with Crippen LogP contribution in [0.25, 0.3) is 0 Å². The monoisotopic (exact) mass is 286 g/mol. The van der Waals surface area contributed by atoms with E-state index < -0.39 is 6.10 Å². The summed E-state index contributed by atoms with van der Waals surface area (Å²) in [6.45, 7) is 1.86. The number of hydrogen-bond acceptors (Lipinski definition) is 5. The smallest absolute Gasteiger partial charge is 0.306 e. The van der Waals surface area contributed by atoms with Gasteiger partial charge in [0, 0.05) is 25.9 Å². The first kappa shape index (κ1) is 17.1. The zero-order valence-corrected chi connectivity index (χ0v) is 12.5. The van der Waals surface area contributed by atoms with Crippen molar-refractivity contribution >= 4 is 11.8 Å². The first-order valence-electron chi connectivity index (χ1n) is 7.40. The number of Topliss-reactive ketones (excluding diaryl/α,β-unsaturated/α-hetero) is 1. The Labute approximate surface area is 120 Å². The van der Waals surface area contributed by atoms with Gasteiger partial charge in [-0.1, -0.05) is 12.8 Å². The molecule has 0 aromatic carbocycles. The first-order chi connectivity index (χ1) is 9.54. The summed E-state index contributed by atoms with van der Waals surface area (Å²) < 4.78 is 10.3. The van der Waals surface area contributed by atoms with E-state index in [0.717, 1.165) is 25.7 Å². The van der Waals surface area contributed by atoms with Gasteiger partial charge in [0.25, 0.3) is 0 Å². The van der Waals surface area contributed by atoms with E-state index in [1.54, 1.807) is 14.0 Å². The standard InChI is InChI=1S/C15H26O5/c1-11(16)6-4-3-5-7-12(13(17)10-19-2)14-8-9-15(18)20-14/h12-14,17H,3-10H2,1-2H3. The number of aliphatic hydroxyl groups excluding tert-OH is 1. The lowest BCUT2D eigenvalue weighted by Crippen LogP contribution is -2.34. The van der Waals surface area contributed by atoms with Crippen molar-refractivity contribution in [3.8, 4) is 0 Å². The highest BCUT2D eigenvalue weighted by molar-refractivity contribution is 5.75. The number of carbonyl (C=O) groups is 2. The number of aliphatic hydroxyl groups is 1. The van der Waals surface area contributed by atoms with Crippen LogP contribution in [0.15, 0.2) is 0 Å². The van der Waals surface area contributed by atoms with Crippen molar-refractivity contribution in [2.24, 2.45) is 5.92 Å². The molecule has 116 valence electrons. The predicted molar refractivity (Wildman–Crippen MR) is 74.3 cm³/mol. The fourth-order valence-electron chi connectivity index (χ4n) is 2.70. The number of ether oxygens (including phenoxy) is 2. The molecule has 5 nitrogen and oxygen atoms in total. The van der Waals surface area contributed by atoms with Gasteiger partial charge in [0.15, 0.2) is 0 Å². The number of ketones is 1. The molecule has 1 fully saturated rings. The predicted octanol–water partition coefficient (Wildman–Crippen LogP) is 1.85. The Morgan fingerprint density at radius 1 is 1.45 bits per heavy atom. The summed E-state index contributed by atoms with van der Waals surface area (Å²) in [5.74, 6) is -0.0365. The molecule has 3 unspecified atom stereocenters. The molecule has 1 rings (SSSR count). The Morgan fingerprint density at radius 3 is 2.75 bits per heavy atom. The van der Waals surface area contributed by atoms with Crippen LogP contribution in [-0.2, 0) is 19.1 Å². The molecule has 0 spiro atoms. The number of esters is 1. The average Bonchev–Trinajstić information content (AvgIpc) is 2.80. The maximum atomic E-state index is 11.2. The number of methoxy groups -OCH3 is 1. The Morgan fingerprint density at radius 2 is 2.20 bits per heavy atom. The van der Waals surface area contributed by atoms with Crippen molar-refractivity contribution in [2.75, 3.05) is 13.7 Å². The van der Waals surface area contributed by atoms with Gasteiger partial charge >= 0.3 is 5.97 Å². The highest BCUT2D eigenvalue weighted by Gasteiger charge is 2.34. The molecule has 1 aliphatic heterocycles. The lowest BCUT2D eigenvalue weighted by Gasteiger charge is -2.27. The number of cyclic esters (lactones) is 1. The van der Waals surface area contributed by atoms with Crippen molar-refractivity contribution < 1.29 is 24.2 Å². The molecule has 0 bridgehead atoms. The highest BCUT2D eigenvalue weighted by Crippen LogP contribution is 2.28. The van der Waals surface area contributed by atoms with Crippen LogP contribution in [0.1, 0.15) is 51.9 Å². The maximum Gasteiger partial charge on any atom is 0.306 e. The molecule has 3 atom stereocenters. The Kier molecular flexibility index (Phi) is 7.77. The molecular weight excluding hydrogens is 260 g/mol. The van der Waals surface area contributed by atoms with Crippen LogP contribution in [0.3, 0.4) is 0 Å². The molecule has 1 aliphatic rings. The zero-order chi connectivity index (χ0) is 15.0. The minimum Gasteiger partial charge on any atom is -0.462 e. The Hall–Kier alpha value is -0.940. The van der Waals surface area contributed by atoms with Crippen molar-refractivity contribution in [1.29, 1.82) is 0 Å². The number of hydrogen-bond donors (Lipinski definition) is 1. The highest BCUT2D eigenvalue weighted by atomic mass is 16.6. The van der Waals surface area contributed by atoms with Crippen LogP contribution < -0.4 is 0 Å². The number of rotatable bonds is 10. The normalized spacial score (nSPS) is 21.6. The molecule has 20 heavy (non-hydrogen) atoms.